The summed E-state index contributed by atoms with van der Waals surface area (Å²) in [6.45, 7) is 7.49. The first kappa shape index (κ1) is 12.6. The van der Waals surface area contributed by atoms with E-state index in [4.69, 9.17) is 5.11 Å². The molecule has 1 aromatic carbocycles. The zero-order valence-corrected chi connectivity index (χ0v) is 10.1. The van der Waals surface area contributed by atoms with Crippen molar-refractivity contribution in [3.63, 3.8) is 0 Å². The van der Waals surface area contributed by atoms with Gasteiger partial charge in [0.25, 0.3) is 0 Å². The highest BCUT2D eigenvalue weighted by molar-refractivity contribution is 5.87. The van der Waals surface area contributed by atoms with Crippen LogP contribution in [0.1, 0.15) is 37.6 Å². The van der Waals surface area contributed by atoms with Crippen molar-refractivity contribution in [3.05, 3.63) is 29.8 Å². The maximum Gasteiger partial charge on any atom is 0.335 e. The Bertz CT molecular complexity index is 349. The van der Waals surface area contributed by atoms with Crippen LogP contribution >= 0.6 is 0 Å². The third-order valence-electron chi connectivity index (χ3n) is 2.34. The third kappa shape index (κ3) is 4.34. The van der Waals surface area contributed by atoms with Crippen LogP contribution in [-0.2, 0) is 0 Å². The van der Waals surface area contributed by atoms with Gasteiger partial charge in [-0.05, 0) is 36.1 Å². The average molecular weight is 221 g/mol. The van der Waals surface area contributed by atoms with Gasteiger partial charge in [0.1, 0.15) is 0 Å². The molecule has 0 fully saturated rings. The lowest BCUT2D eigenvalue weighted by Gasteiger charge is -2.18. The highest BCUT2D eigenvalue weighted by Crippen LogP contribution is 2.18. The Morgan fingerprint density at radius 2 is 1.81 bits per heavy atom. The lowest BCUT2D eigenvalue weighted by Crippen LogP contribution is -2.12. The molecule has 0 bridgehead atoms. The first-order chi connectivity index (χ1) is 7.38. The number of hydrogen-bond acceptors (Lipinski definition) is 2. The van der Waals surface area contributed by atoms with Crippen molar-refractivity contribution in [2.24, 2.45) is 5.41 Å². The Balaban J connectivity index is 2.47. The van der Waals surface area contributed by atoms with Crippen LogP contribution in [0.25, 0.3) is 0 Å². The quantitative estimate of drug-likeness (QED) is 0.820. The number of carbonyl (C=O) groups is 1. The largest absolute Gasteiger partial charge is 0.478 e. The van der Waals surface area contributed by atoms with Crippen LogP contribution in [0.15, 0.2) is 24.3 Å². The lowest BCUT2D eigenvalue weighted by molar-refractivity contribution is 0.0697. The van der Waals surface area contributed by atoms with Crippen LogP contribution in [0.2, 0.25) is 0 Å². The summed E-state index contributed by atoms with van der Waals surface area (Å²) in [6, 6.07) is 6.82. The SMILES string of the molecule is CC(C)(C)CCNc1ccc(C(=O)O)cc1. The number of carboxylic acid groups (broad SMARTS) is 1. The van der Waals surface area contributed by atoms with E-state index in [0.717, 1.165) is 18.7 Å². The Morgan fingerprint density at radius 1 is 1.25 bits per heavy atom. The summed E-state index contributed by atoms with van der Waals surface area (Å²) in [5, 5.41) is 12.0. The van der Waals surface area contributed by atoms with Crippen LogP contribution in [0.4, 0.5) is 5.69 Å². The van der Waals surface area contributed by atoms with E-state index in [0.29, 0.717) is 11.0 Å². The zero-order chi connectivity index (χ0) is 12.2. The standard InChI is InChI=1S/C13H19NO2/c1-13(2,3)8-9-14-11-6-4-10(5-7-11)12(15)16/h4-7,14H,8-9H2,1-3H3,(H,15,16). The van der Waals surface area contributed by atoms with Gasteiger partial charge in [-0.25, -0.2) is 4.79 Å². The summed E-state index contributed by atoms with van der Waals surface area (Å²) in [5.41, 5.74) is 1.60. The molecular formula is C13H19NO2. The first-order valence-electron chi connectivity index (χ1n) is 5.46. The molecule has 0 saturated carbocycles. The van der Waals surface area contributed by atoms with Gasteiger partial charge >= 0.3 is 5.97 Å². The Kier molecular flexibility index (Phi) is 3.93. The van der Waals surface area contributed by atoms with Gasteiger partial charge in [0.05, 0.1) is 5.56 Å². The molecule has 0 atom stereocenters. The van der Waals surface area contributed by atoms with Gasteiger partial charge in [0.15, 0.2) is 0 Å². The van der Waals surface area contributed by atoms with Crippen molar-refractivity contribution in [3.8, 4) is 0 Å². The van der Waals surface area contributed by atoms with E-state index in [-0.39, 0.29) is 0 Å². The van der Waals surface area contributed by atoms with E-state index >= 15 is 0 Å². The molecular weight excluding hydrogens is 202 g/mol. The second kappa shape index (κ2) is 5.01. The first-order valence-corrected chi connectivity index (χ1v) is 5.46. The van der Waals surface area contributed by atoms with Gasteiger partial charge in [-0.1, -0.05) is 20.8 Å². The van der Waals surface area contributed by atoms with Crippen molar-refractivity contribution < 1.29 is 9.90 Å². The smallest absolute Gasteiger partial charge is 0.335 e. The van der Waals surface area contributed by atoms with Crippen molar-refractivity contribution >= 4 is 11.7 Å². The van der Waals surface area contributed by atoms with Gasteiger partial charge in [-0.3, -0.25) is 0 Å². The Hall–Kier alpha value is -1.51. The van der Waals surface area contributed by atoms with Gasteiger partial charge in [0.2, 0.25) is 0 Å². The normalized spacial score (nSPS) is 11.2. The van der Waals surface area contributed by atoms with Gasteiger partial charge in [0, 0.05) is 12.2 Å². The molecule has 88 valence electrons. The van der Waals surface area contributed by atoms with Crippen LogP contribution in [0, 0.1) is 5.41 Å². The molecule has 2 N–H and O–H groups in total. The van der Waals surface area contributed by atoms with E-state index in [1.54, 1.807) is 24.3 Å². The van der Waals surface area contributed by atoms with Gasteiger partial charge in [-0.15, -0.1) is 0 Å². The van der Waals surface area contributed by atoms with Crippen LogP contribution in [-0.4, -0.2) is 17.6 Å². The number of hydrogen-bond donors (Lipinski definition) is 2. The molecule has 0 unspecified atom stereocenters. The number of anilines is 1. The fourth-order valence-electron chi connectivity index (χ4n) is 1.31. The number of rotatable bonds is 4. The van der Waals surface area contributed by atoms with Crippen molar-refractivity contribution in [1.29, 1.82) is 0 Å². The Labute approximate surface area is 96.5 Å². The predicted molar refractivity (Wildman–Crippen MR) is 66.0 cm³/mol. The molecule has 0 amide bonds. The van der Waals surface area contributed by atoms with Gasteiger partial charge in [-0.2, -0.15) is 0 Å². The Morgan fingerprint density at radius 3 is 2.25 bits per heavy atom. The topological polar surface area (TPSA) is 49.3 Å². The molecule has 1 aromatic rings. The minimum absolute atomic E-state index is 0.313. The lowest BCUT2D eigenvalue weighted by atomic mass is 9.92. The number of nitrogens with one attached hydrogen (secondary N) is 1. The molecule has 0 aliphatic rings. The van der Waals surface area contributed by atoms with Gasteiger partial charge < -0.3 is 10.4 Å². The number of aromatic carboxylic acids is 1. The van der Waals surface area contributed by atoms with E-state index in [1.165, 1.54) is 0 Å². The van der Waals surface area contributed by atoms with Crippen LogP contribution in [0.3, 0.4) is 0 Å². The van der Waals surface area contributed by atoms with Crippen molar-refractivity contribution in [2.45, 2.75) is 27.2 Å². The molecule has 16 heavy (non-hydrogen) atoms. The van der Waals surface area contributed by atoms with E-state index < -0.39 is 5.97 Å². The summed E-state index contributed by atoms with van der Waals surface area (Å²) < 4.78 is 0. The van der Waals surface area contributed by atoms with Crippen molar-refractivity contribution in [1.82, 2.24) is 0 Å². The van der Waals surface area contributed by atoms with E-state index in [2.05, 4.69) is 26.1 Å². The fourth-order valence-corrected chi connectivity index (χ4v) is 1.31. The number of carboxylic acids is 1. The molecule has 3 nitrogen and oxygen atoms in total. The monoisotopic (exact) mass is 221 g/mol. The highest BCUT2D eigenvalue weighted by atomic mass is 16.4. The summed E-state index contributed by atoms with van der Waals surface area (Å²) in [7, 11) is 0. The predicted octanol–water partition coefficient (Wildman–Crippen LogP) is 3.23. The van der Waals surface area contributed by atoms with E-state index in [9.17, 15) is 4.79 Å². The highest BCUT2D eigenvalue weighted by Gasteiger charge is 2.09. The molecule has 0 radical (unpaired) electrons. The molecule has 0 aromatic heterocycles. The third-order valence-corrected chi connectivity index (χ3v) is 2.34. The molecule has 3 heteroatoms. The maximum atomic E-state index is 10.6. The summed E-state index contributed by atoms with van der Waals surface area (Å²) in [6.07, 6.45) is 1.08. The maximum absolute atomic E-state index is 10.6. The summed E-state index contributed by atoms with van der Waals surface area (Å²) >= 11 is 0. The number of benzene rings is 1. The molecule has 0 heterocycles. The molecule has 0 spiro atoms. The van der Waals surface area contributed by atoms with Crippen molar-refractivity contribution in [2.75, 3.05) is 11.9 Å². The van der Waals surface area contributed by atoms with E-state index in [1.807, 2.05) is 0 Å². The molecule has 1 rings (SSSR count). The minimum atomic E-state index is -0.888. The minimum Gasteiger partial charge on any atom is -0.478 e. The van der Waals surface area contributed by atoms with Crippen LogP contribution in [0.5, 0.6) is 0 Å². The second-order valence-corrected chi connectivity index (χ2v) is 5.12. The summed E-state index contributed by atoms with van der Waals surface area (Å²) in [4.78, 5) is 10.6. The summed E-state index contributed by atoms with van der Waals surface area (Å²) in [5.74, 6) is -0.888. The molecule has 0 saturated heterocycles. The molecule has 0 aliphatic heterocycles. The zero-order valence-electron chi connectivity index (χ0n) is 10.1. The fraction of sp³-hybridized carbons (Fsp3) is 0.462. The average Bonchev–Trinajstić information content (AvgIpc) is 2.16. The second-order valence-electron chi connectivity index (χ2n) is 5.12. The van der Waals surface area contributed by atoms with Crippen LogP contribution < -0.4 is 5.32 Å². The molecule has 0 aliphatic carbocycles.